The van der Waals surface area contributed by atoms with Crippen molar-refractivity contribution in [2.45, 2.75) is 39.5 Å². The van der Waals surface area contributed by atoms with Crippen LogP contribution < -0.4 is 4.90 Å². The molecule has 0 radical (unpaired) electrons. The van der Waals surface area contributed by atoms with Gasteiger partial charge in [-0.2, -0.15) is 0 Å². The van der Waals surface area contributed by atoms with Crippen LogP contribution in [0.15, 0.2) is 91.0 Å². The molecule has 0 aliphatic carbocycles. The van der Waals surface area contributed by atoms with Gasteiger partial charge in [0.15, 0.2) is 0 Å². The number of benzene rings is 3. The summed E-state index contributed by atoms with van der Waals surface area (Å²) in [6, 6.07) is 31.3. The number of hydrogen-bond acceptors (Lipinski definition) is 4. The lowest BCUT2D eigenvalue weighted by atomic mass is 10.2. The predicted octanol–water partition coefficient (Wildman–Crippen LogP) is 7.88. The molecule has 0 spiro atoms. The lowest BCUT2D eigenvalue weighted by molar-refractivity contribution is 0.146. The van der Waals surface area contributed by atoms with Crippen molar-refractivity contribution in [3.63, 3.8) is 0 Å². The molecule has 0 atom stereocenters. The van der Waals surface area contributed by atoms with E-state index in [1.54, 1.807) is 0 Å². The van der Waals surface area contributed by atoms with E-state index >= 15 is 0 Å². The van der Waals surface area contributed by atoms with Gasteiger partial charge in [0, 0.05) is 17.1 Å². The number of hydrogen-bond donors (Lipinski definition) is 1. The number of unbranched alkanes of at least 4 members (excludes halogenated alkanes) is 2. The molecule has 3 aromatic rings. The smallest absolute Gasteiger partial charge is 0.311 e. The number of anilines is 3. The van der Waals surface area contributed by atoms with E-state index in [1.807, 2.05) is 32.0 Å². The van der Waals surface area contributed by atoms with Crippen LogP contribution >= 0.6 is 7.82 Å². The maximum atomic E-state index is 11.1. The Morgan fingerprint density at radius 3 is 1.25 bits per heavy atom. The summed E-state index contributed by atoms with van der Waals surface area (Å²) in [5.41, 5.74) is 3.50. The molecule has 0 amide bonds. The molecule has 3 aromatic carbocycles. The molecule has 3 rings (SSSR count). The van der Waals surface area contributed by atoms with E-state index in [2.05, 4.69) is 77.7 Å². The van der Waals surface area contributed by atoms with Crippen LogP contribution in [0.4, 0.5) is 17.1 Å². The summed E-state index contributed by atoms with van der Waals surface area (Å²) in [5, 5.41) is 0. The molecule has 5 nitrogen and oxygen atoms in total. The minimum Gasteiger partial charge on any atom is -0.311 e. The van der Waals surface area contributed by atoms with Crippen molar-refractivity contribution < 1.29 is 18.5 Å². The molecule has 172 valence electrons. The first-order chi connectivity index (χ1) is 15.6. The normalized spacial score (nSPS) is 10.8. The topological polar surface area (TPSA) is 59.0 Å². The zero-order chi connectivity index (χ0) is 23.1. The Balaban J connectivity index is 0.000000247. The molecule has 0 fully saturated rings. The zero-order valence-electron chi connectivity index (χ0n) is 19.0. The van der Waals surface area contributed by atoms with Gasteiger partial charge in [-0.05, 0) is 49.2 Å². The Labute approximate surface area is 192 Å². The standard InChI is InChI=1S/C18H15N.C8H19O4P/c1-4-10-16(11-5-1)19(17-12-6-2-7-13-17)18-14-8-3-9-15-18;1-3-5-7-11-13(9,10)12-8-6-4-2/h1-15H;3-8H2,1-2H3,(H,9,10). The summed E-state index contributed by atoms with van der Waals surface area (Å²) in [4.78, 5) is 11.3. The molecular formula is C26H34NO4P. The van der Waals surface area contributed by atoms with Crippen LogP contribution in [0, 0.1) is 0 Å². The van der Waals surface area contributed by atoms with Gasteiger partial charge in [-0.1, -0.05) is 81.3 Å². The lowest BCUT2D eigenvalue weighted by Crippen LogP contribution is -2.09. The molecule has 0 aliphatic rings. The highest BCUT2D eigenvalue weighted by Gasteiger charge is 2.19. The Morgan fingerprint density at radius 1 is 0.656 bits per heavy atom. The maximum Gasteiger partial charge on any atom is 0.472 e. The van der Waals surface area contributed by atoms with Crippen LogP contribution in [-0.4, -0.2) is 18.1 Å². The van der Waals surface area contributed by atoms with E-state index in [9.17, 15) is 4.57 Å². The van der Waals surface area contributed by atoms with E-state index in [0.717, 1.165) is 25.7 Å². The summed E-state index contributed by atoms with van der Waals surface area (Å²) >= 11 is 0. The SMILES string of the molecule is CCCCOP(=O)(O)OCCCC.c1ccc(N(c2ccccc2)c2ccccc2)cc1. The third kappa shape index (κ3) is 9.37. The third-order valence-electron chi connectivity index (χ3n) is 4.55. The van der Waals surface area contributed by atoms with Crippen molar-refractivity contribution >= 4 is 24.9 Å². The molecule has 32 heavy (non-hydrogen) atoms. The molecule has 1 N–H and O–H groups in total. The molecule has 0 saturated carbocycles. The van der Waals surface area contributed by atoms with Crippen LogP contribution in [0.25, 0.3) is 0 Å². The summed E-state index contributed by atoms with van der Waals surface area (Å²) < 4.78 is 20.5. The second-order valence-electron chi connectivity index (χ2n) is 7.18. The molecule has 0 aromatic heterocycles. The van der Waals surface area contributed by atoms with Gasteiger partial charge in [-0.25, -0.2) is 4.57 Å². The van der Waals surface area contributed by atoms with Crippen molar-refractivity contribution in [2.75, 3.05) is 18.1 Å². The first-order valence-corrected chi connectivity index (χ1v) is 12.6. The molecule has 0 heterocycles. The number of phosphoric acid groups is 1. The highest BCUT2D eigenvalue weighted by molar-refractivity contribution is 7.47. The fraction of sp³-hybridized carbons (Fsp3) is 0.308. The number of rotatable bonds is 11. The highest BCUT2D eigenvalue weighted by atomic mass is 31.2. The van der Waals surface area contributed by atoms with Crippen LogP contribution in [-0.2, 0) is 13.6 Å². The van der Waals surface area contributed by atoms with Gasteiger partial charge in [0.05, 0.1) is 13.2 Å². The van der Waals surface area contributed by atoms with E-state index in [1.165, 1.54) is 17.1 Å². The van der Waals surface area contributed by atoms with Crippen LogP contribution in [0.3, 0.4) is 0 Å². The van der Waals surface area contributed by atoms with Crippen LogP contribution in [0.2, 0.25) is 0 Å². The van der Waals surface area contributed by atoms with Crippen molar-refractivity contribution in [1.82, 2.24) is 0 Å². The molecular weight excluding hydrogens is 421 g/mol. The molecule has 0 bridgehead atoms. The van der Waals surface area contributed by atoms with Gasteiger partial charge in [0.1, 0.15) is 0 Å². The van der Waals surface area contributed by atoms with Gasteiger partial charge in [0.25, 0.3) is 0 Å². The van der Waals surface area contributed by atoms with E-state index in [-0.39, 0.29) is 13.2 Å². The number of para-hydroxylation sites is 3. The number of nitrogens with zero attached hydrogens (tertiary/aromatic N) is 1. The summed E-state index contributed by atoms with van der Waals surface area (Å²) in [5.74, 6) is 0. The second kappa shape index (κ2) is 14.6. The van der Waals surface area contributed by atoms with E-state index < -0.39 is 7.82 Å². The van der Waals surface area contributed by atoms with E-state index in [0.29, 0.717) is 0 Å². The highest BCUT2D eigenvalue weighted by Crippen LogP contribution is 2.43. The van der Waals surface area contributed by atoms with E-state index in [4.69, 9.17) is 13.9 Å². The number of phosphoric ester groups is 1. The maximum absolute atomic E-state index is 11.1. The third-order valence-corrected chi connectivity index (χ3v) is 5.57. The van der Waals surface area contributed by atoms with Gasteiger partial charge >= 0.3 is 7.82 Å². The second-order valence-corrected chi connectivity index (χ2v) is 8.64. The van der Waals surface area contributed by atoms with Crippen LogP contribution in [0.1, 0.15) is 39.5 Å². The van der Waals surface area contributed by atoms with Gasteiger partial charge < -0.3 is 9.79 Å². The van der Waals surface area contributed by atoms with Crippen molar-refractivity contribution in [3.8, 4) is 0 Å². The first-order valence-electron chi connectivity index (χ1n) is 11.1. The summed E-state index contributed by atoms with van der Waals surface area (Å²) in [7, 11) is -3.75. The molecule has 0 aliphatic heterocycles. The summed E-state index contributed by atoms with van der Waals surface area (Å²) in [6.07, 6.45) is 3.44. The molecule has 0 unspecified atom stereocenters. The van der Waals surface area contributed by atoms with Gasteiger partial charge in [0.2, 0.25) is 0 Å². The zero-order valence-corrected chi connectivity index (χ0v) is 19.9. The minimum atomic E-state index is -3.75. The average molecular weight is 456 g/mol. The minimum absolute atomic E-state index is 0.288. The molecule has 0 saturated heterocycles. The Morgan fingerprint density at radius 2 is 0.969 bits per heavy atom. The van der Waals surface area contributed by atoms with Gasteiger partial charge in [-0.15, -0.1) is 0 Å². The fourth-order valence-corrected chi connectivity index (χ4v) is 3.66. The summed E-state index contributed by atoms with van der Waals surface area (Å²) in [6.45, 7) is 4.56. The van der Waals surface area contributed by atoms with Crippen molar-refractivity contribution in [3.05, 3.63) is 91.0 Å². The monoisotopic (exact) mass is 455 g/mol. The first kappa shape index (κ1) is 25.8. The quantitative estimate of drug-likeness (QED) is 0.235. The average Bonchev–Trinajstić information content (AvgIpc) is 2.82. The Bertz CT molecular complexity index is 799. The predicted molar refractivity (Wildman–Crippen MR) is 133 cm³/mol. The van der Waals surface area contributed by atoms with Gasteiger partial charge in [-0.3, -0.25) is 9.05 Å². The molecule has 6 heteroatoms. The largest absolute Gasteiger partial charge is 0.472 e. The fourth-order valence-electron chi connectivity index (χ4n) is 2.86. The Kier molecular flexibility index (Phi) is 11.8. The lowest BCUT2D eigenvalue weighted by Gasteiger charge is -2.25. The Hall–Kier alpha value is -2.43. The van der Waals surface area contributed by atoms with Crippen molar-refractivity contribution in [2.24, 2.45) is 0 Å². The van der Waals surface area contributed by atoms with Crippen molar-refractivity contribution in [1.29, 1.82) is 0 Å². The van der Waals surface area contributed by atoms with Crippen LogP contribution in [0.5, 0.6) is 0 Å².